The Kier molecular flexibility index (Phi) is 6.91. The average molecular weight is 526 g/mol. The van der Waals surface area contributed by atoms with Gasteiger partial charge in [-0.2, -0.15) is 0 Å². The Balaban J connectivity index is 1.29. The molecular weight excluding hydrogens is 498 g/mol. The number of rotatable bonds is 8. The number of hydrogen-bond donors (Lipinski definition) is 0. The maximum Gasteiger partial charge on any atom is 0.495 e. The molecule has 194 valence electrons. The lowest BCUT2D eigenvalue weighted by Crippen LogP contribution is -1.94. The van der Waals surface area contributed by atoms with Gasteiger partial charge in [0, 0.05) is 23.9 Å². The van der Waals surface area contributed by atoms with Crippen molar-refractivity contribution >= 4 is 11.7 Å². The third-order valence-corrected chi connectivity index (χ3v) is 6.35. The lowest BCUT2D eigenvalue weighted by molar-refractivity contribution is -0.429. The van der Waals surface area contributed by atoms with Crippen molar-refractivity contribution in [2.45, 2.75) is 0 Å². The third kappa shape index (κ3) is 5.68. The molecule has 0 atom stereocenters. The summed E-state index contributed by atoms with van der Waals surface area (Å²) in [7, 11) is 3.58. The molecule has 40 heavy (non-hydrogen) atoms. The van der Waals surface area contributed by atoms with E-state index in [1.54, 1.807) is 7.11 Å². The minimum absolute atomic E-state index is 0.652. The molecule has 6 rings (SSSR count). The van der Waals surface area contributed by atoms with Gasteiger partial charge in [0.25, 0.3) is 6.20 Å². The molecule has 0 saturated carbocycles. The summed E-state index contributed by atoms with van der Waals surface area (Å²) in [6.07, 6.45) is 5.70. The van der Waals surface area contributed by atoms with Crippen molar-refractivity contribution < 1.29 is 23.4 Å². The van der Waals surface area contributed by atoms with Crippen LogP contribution in [0.4, 0.5) is 5.69 Å². The van der Waals surface area contributed by atoms with Crippen LogP contribution in [0.2, 0.25) is 0 Å². The van der Waals surface area contributed by atoms with Gasteiger partial charge < -0.3 is 14.2 Å². The van der Waals surface area contributed by atoms with Crippen molar-refractivity contribution in [3.05, 3.63) is 128 Å². The lowest BCUT2D eigenvalue weighted by Gasteiger charge is -2.12. The smallest absolute Gasteiger partial charge is 0.495 e. The van der Waals surface area contributed by atoms with Crippen LogP contribution in [0.3, 0.4) is 0 Å². The number of benzene rings is 4. The van der Waals surface area contributed by atoms with E-state index in [9.17, 15) is 0 Å². The minimum Gasteiger partial charge on any atom is -0.497 e. The van der Waals surface area contributed by atoms with Crippen molar-refractivity contribution in [1.29, 1.82) is 0 Å². The second-order valence-corrected chi connectivity index (χ2v) is 9.25. The summed E-state index contributed by atoms with van der Waals surface area (Å²) in [4.78, 5) is 4.65. The molecule has 0 unspecified atom stereocenters. The molecular formula is C34H27N3O3+2. The van der Waals surface area contributed by atoms with E-state index < -0.39 is 0 Å². The quantitative estimate of drug-likeness (QED) is 0.193. The van der Waals surface area contributed by atoms with Crippen LogP contribution in [0.15, 0.2) is 128 Å². The van der Waals surface area contributed by atoms with Gasteiger partial charge in [-0.15, -0.1) is 0 Å². The van der Waals surface area contributed by atoms with E-state index in [-0.39, 0.29) is 0 Å². The molecule has 0 N–H and O–H groups in total. The van der Waals surface area contributed by atoms with Gasteiger partial charge in [-0.1, -0.05) is 45.5 Å². The Morgan fingerprint density at radius 2 is 1.30 bits per heavy atom. The van der Waals surface area contributed by atoms with Crippen LogP contribution >= 0.6 is 0 Å². The van der Waals surface area contributed by atoms with Gasteiger partial charge >= 0.3 is 6.01 Å². The zero-order chi connectivity index (χ0) is 27.3. The number of methoxy groups -OCH3 is 1. The van der Waals surface area contributed by atoms with Crippen LogP contribution < -0.4 is 14.2 Å². The van der Waals surface area contributed by atoms with Gasteiger partial charge in [0.1, 0.15) is 28.7 Å². The van der Waals surface area contributed by atoms with E-state index in [2.05, 4.69) is 23.1 Å². The van der Waals surface area contributed by atoms with Gasteiger partial charge in [-0.25, -0.2) is 0 Å². The summed E-state index contributed by atoms with van der Waals surface area (Å²) >= 11 is 0. The van der Waals surface area contributed by atoms with Crippen molar-refractivity contribution in [1.82, 2.24) is 4.98 Å². The second-order valence-electron chi connectivity index (χ2n) is 9.25. The van der Waals surface area contributed by atoms with E-state index in [1.165, 1.54) is 0 Å². The number of aromatic nitrogens is 1. The normalized spacial score (nSPS) is 12.1. The largest absolute Gasteiger partial charge is 0.497 e. The van der Waals surface area contributed by atoms with Gasteiger partial charge in [-0.05, 0) is 65.7 Å². The van der Waals surface area contributed by atoms with Crippen LogP contribution in [-0.2, 0) is 0 Å². The summed E-state index contributed by atoms with van der Waals surface area (Å²) in [5, 5.41) is 0. The molecule has 0 spiro atoms. The molecule has 1 aliphatic rings. The Morgan fingerprint density at radius 1 is 0.600 bits per heavy atom. The molecule has 0 amide bonds. The topological polar surface area (TPSA) is 46.6 Å². The zero-order valence-corrected chi connectivity index (χ0v) is 22.2. The highest BCUT2D eigenvalue weighted by molar-refractivity contribution is 5.72. The molecule has 4 aromatic carbocycles. The molecule has 0 bridgehead atoms. The monoisotopic (exact) mass is 525 g/mol. The fourth-order valence-electron chi connectivity index (χ4n) is 4.41. The number of pyridine rings is 1. The predicted molar refractivity (Wildman–Crippen MR) is 155 cm³/mol. The van der Waals surface area contributed by atoms with E-state index in [0.29, 0.717) is 17.2 Å². The first-order chi connectivity index (χ1) is 19.6. The zero-order valence-electron chi connectivity index (χ0n) is 22.2. The third-order valence-electron chi connectivity index (χ3n) is 6.35. The first-order valence-corrected chi connectivity index (χ1v) is 12.9. The Morgan fingerprint density at radius 3 is 2.10 bits per heavy atom. The Bertz CT molecular complexity index is 1790. The highest BCUT2D eigenvalue weighted by Gasteiger charge is 2.17. The highest BCUT2D eigenvalue weighted by Crippen LogP contribution is 2.35. The van der Waals surface area contributed by atoms with Crippen LogP contribution in [-0.4, -0.2) is 34.3 Å². The van der Waals surface area contributed by atoms with Crippen LogP contribution in [0.1, 0.15) is 0 Å². The van der Waals surface area contributed by atoms with Crippen molar-refractivity contribution in [3.63, 3.8) is 0 Å². The molecule has 5 aromatic rings. The summed E-state index contributed by atoms with van der Waals surface area (Å²) in [5.41, 5.74) is 4.70. The Hall–Kier alpha value is -5.45. The molecule has 1 aliphatic heterocycles. The van der Waals surface area contributed by atoms with Gasteiger partial charge in [0.05, 0.1) is 18.9 Å². The van der Waals surface area contributed by atoms with Crippen LogP contribution in [0.25, 0.3) is 22.4 Å². The van der Waals surface area contributed by atoms with Crippen molar-refractivity contribution in [3.8, 4) is 51.1 Å². The molecule has 1 aromatic heterocycles. The maximum absolute atomic E-state index is 6.28. The molecule has 0 fully saturated rings. The summed E-state index contributed by atoms with van der Waals surface area (Å²) in [5.74, 6) is 3.61. The van der Waals surface area contributed by atoms with E-state index in [0.717, 1.165) is 39.6 Å². The maximum atomic E-state index is 6.28. The molecule has 0 saturated heterocycles. The molecule has 6 nitrogen and oxygen atoms in total. The lowest BCUT2D eigenvalue weighted by atomic mass is 10.0. The van der Waals surface area contributed by atoms with Crippen LogP contribution in [0, 0.1) is 0 Å². The first kappa shape index (κ1) is 24.9. The SMILES string of the molecule is COc1cc(Oc2cccc([N+]3=C=[N+](C)C=C3)c2)cc(-c2cc(-c3cccc(Oc4ccccc4)c3)ccn2)c1. The Labute approximate surface area is 233 Å². The second kappa shape index (κ2) is 11.1. The minimum atomic E-state index is 0.652. The average Bonchev–Trinajstić information content (AvgIpc) is 3.44. The van der Waals surface area contributed by atoms with Gasteiger partial charge in [-0.3, -0.25) is 4.98 Å². The van der Waals surface area contributed by atoms with Crippen LogP contribution in [0.5, 0.6) is 28.7 Å². The summed E-state index contributed by atoms with van der Waals surface area (Å²) < 4.78 is 21.7. The van der Waals surface area contributed by atoms with Crippen molar-refractivity contribution in [2.24, 2.45) is 0 Å². The number of nitrogens with zero attached hydrogens (tertiary/aromatic N) is 3. The molecule has 0 radical (unpaired) electrons. The van der Waals surface area contributed by atoms with Crippen molar-refractivity contribution in [2.75, 3.05) is 14.2 Å². The van der Waals surface area contributed by atoms with E-state index >= 15 is 0 Å². The number of para-hydroxylation sites is 1. The number of ether oxygens (including phenoxy) is 3. The number of hydrogen-bond acceptors (Lipinski definition) is 4. The fraction of sp³-hybridized carbons (Fsp3) is 0.0588. The standard InChI is InChI=1S/C34H27N3O3/c1-36-16-17-37(24-36)28-9-7-13-31(22-28)40-33-20-27(19-32(23-33)38-2)34-21-26(14-15-35-34)25-8-6-12-30(18-25)39-29-10-4-3-5-11-29/h3-23H,1-2H3/q+2. The summed E-state index contributed by atoms with van der Waals surface area (Å²) in [6, 6.07) is 38.7. The summed E-state index contributed by atoms with van der Waals surface area (Å²) in [6.45, 7) is 0. The van der Waals surface area contributed by atoms with E-state index in [4.69, 9.17) is 14.2 Å². The van der Waals surface area contributed by atoms with Gasteiger partial charge in [0.15, 0.2) is 7.05 Å². The molecule has 0 aliphatic carbocycles. The van der Waals surface area contributed by atoms with Gasteiger partial charge in [0.2, 0.25) is 11.9 Å². The highest BCUT2D eigenvalue weighted by atomic mass is 16.5. The fourth-order valence-corrected chi connectivity index (χ4v) is 4.41. The predicted octanol–water partition coefficient (Wildman–Crippen LogP) is 7.95. The molecule has 2 heterocycles. The van der Waals surface area contributed by atoms with E-state index in [1.807, 2.05) is 132 Å². The first-order valence-electron chi connectivity index (χ1n) is 12.9. The molecule has 6 heteroatoms.